The average molecular weight is 559 g/mol. The van der Waals surface area contributed by atoms with Gasteiger partial charge in [-0.15, -0.1) is 0 Å². The Morgan fingerprint density at radius 3 is 2.20 bits per heavy atom. The maximum atomic E-state index is 14.3. The third kappa shape index (κ3) is 3.83. The first kappa shape index (κ1) is 28.7. The first-order chi connectivity index (χ1) is 19.1. The van der Waals surface area contributed by atoms with Gasteiger partial charge in [-0.3, -0.25) is 28.8 Å². The second-order valence-electron chi connectivity index (χ2n) is 12.9. The Balaban J connectivity index is 1.68. The molecule has 3 aliphatic rings. The van der Waals surface area contributed by atoms with Crippen molar-refractivity contribution in [1.29, 1.82) is 0 Å². The maximum Gasteiger partial charge on any atom is 0.190 e. The van der Waals surface area contributed by atoms with Crippen molar-refractivity contribution in [1.82, 2.24) is 0 Å². The van der Waals surface area contributed by atoms with E-state index < -0.39 is 74.8 Å². The Labute approximate surface area is 238 Å². The number of phenols is 1. The molecule has 8 heteroatoms. The van der Waals surface area contributed by atoms with Gasteiger partial charge in [-0.05, 0) is 54.4 Å². The predicted octanol–water partition coefficient (Wildman–Crippen LogP) is 3.52. The molecule has 0 spiro atoms. The number of aromatic hydroxyl groups is 1. The molecule has 2 aromatic carbocycles. The highest BCUT2D eigenvalue weighted by molar-refractivity contribution is 6.32. The molecular weight excluding hydrogens is 524 g/mol. The first-order valence-corrected chi connectivity index (χ1v) is 13.9. The number of hydrogen-bond donors (Lipinski definition) is 2. The lowest BCUT2D eigenvalue weighted by Crippen LogP contribution is -2.76. The normalized spacial score (nSPS) is 32.8. The van der Waals surface area contributed by atoms with Gasteiger partial charge in [-0.2, -0.15) is 0 Å². The van der Waals surface area contributed by atoms with Crippen LogP contribution in [0.5, 0.6) is 5.75 Å². The van der Waals surface area contributed by atoms with Crippen LogP contribution in [0.3, 0.4) is 0 Å². The lowest BCUT2D eigenvalue weighted by Gasteiger charge is -2.61. The van der Waals surface area contributed by atoms with Crippen molar-refractivity contribution < 1.29 is 39.0 Å². The van der Waals surface area contributed by atoms with E-state index in [1.165, 1.54) is 19.1 Å². The number of aliphatic hydroxyl groups is 1. The van der Waals surface area contributed by atoms with Gasteiger partial charge in [0.1, 0.15) is 17.5 Å². The molecule has 0 bridgehead atoms. The zero-order valence-corrected chi connectivity index (χ0v) is 23.8. The van der Waals surface area contributed by atoms with E-state index in [2.05, 4.69) is 0 Å². The molecular formula is C33H34O8. The van der Waals surface area contributed by atoms with Crippen molar-refractivity contribution in [2.24, 2.45) is 34.5 Å². The van der Waals surface area contributed by atoms with Gasteiger partial charge in [0, 0.05) is 23.3 Å². The molecule has 5 rings (SSSR count). The lowest BCUT2D eigenvalue weighted by molar-refractivity contribution is -0.205. The molecule has 0 amide bonds. The second-order valence-corrected chi connectivity index (χ2v) is 12.9. The molecule has 2 aromatic rings. The van der Waals surface area contributed by atoms with Crippen LogP contribution in [0.25, 0.3) is 0 Å². The number of rotatable bonds is 5. The Kier molecular flexibility index (Phi) is 6.57. The monoisotopic (exact) mass is 558 g/mol. The highest BCUT2D eigenvalue weighted by atomic mass is 16.3. The SMILES string of the molecule is CC(=O)C1C(=O)C(C(C)C)[C@@]2(C)C[C@@]3(C)Cc4c(C(=O)Cc5ccccc5)ccc(O)c4C(=O)C3C(=O)[C@@]2(O)C1=O. The van der Waals surface area contributed by atoms with E-state index in [4.69, 9.17) is 0 Å². The first-order valence-electron chi connectivity index (χ1n) is 13.9. The number of carbonyl (C=O) groups is 6. The molecule has 2 N–H and O–H groups in total. The van der Waals surface area contributed by atoms with Crippen molar-refractivity contribution in [2.45, 2.75) is 59.5 Å². The summed E-state index contributed by atoms with van der Waals surface area (Å²) >= 11 is 0. The molecule has 3 aliphatic carbocycles. The highest BCUT2D eigenvalue weighted by Gasteiger charge is 2.76. The van der Waals surface area contributed by atoms with Crippen LogP contribution in [0.2, 0.25) is 0 Å². The van der Waals surface area contributed by atoms with Crippen LogP contribution in [-0.2, 0) is 32.0 Å². The van der Waals surface area contributed by atoms with E-state index in [-0.39, 0.29) is 36.2 Å². The molecule has 2 saturated carbocycles. The number of ketones is 6. The van der Waals surface area contributed by atoms with Crippen molar-refractivity contribution in [3.05, 3.63) is 64.7 Å². The fourth-order valence-corrected chi connectivity index (χ4v) is 8.27. The minimum atomic E-state index is -2.75. The fraction of sp³-hybridized carbons (Fsp3) is 0.455. The van der Waals surface area contributed by atoms with Gasteiger partial charge in [-0.25, -0.2) is 0 Å². The van der Waals surface area contributed by atoms with Crippen LogP contribution in [0, 0.1) is 34.5 Å². The molecule has 2 fully saturated rings. The average Bonchev–Trinajstić information content (AvgIpc) is 2.86. The summed E-state index contributed by atoms with van der Waals surface area (Å²) in [5.74, 6) is -9.84. The van der Waals surface area contributed by atoms with E-state index in [0.29, 0.717) is 5.56 Å². The molecule has 0 saturated heterocycles. The molecule has 0 aromatic heterocycles. The highest BCUT2D eigenvalue weighted by Crippen LogP contribution is 2.63. The summed E-state index contributed by atoms with van der Waals surface area (Å²) in [5.41, 5.74) is -4.38. The van der Waals surface area contributed by atoms with Gasteiger partial charge in [0.25, 0.3) is 0 Å². The summed E-state index contributed by atoms with van der Waals surface area (Å²) in [4.78, 5) is 81.7. The third-order valence-corrected chi connectivity index (χ3v) is 9.77. The van der Waals surface area contributed by atoms with Crippen molar-refractivity contribution in [2.75, 3.05) is 0 Å². The Hall–Kier alpha value is -3.78. The Morgan fingerprint density at radius 1 is 0.976 bits per heavy atom. The number of Topliss-reactive ketones (excluding diaryl/α,β-unsaturated/α-hetero) is 6. The summed E-state index contributed by atoms with van der Waals surface area (Å²) in [6.07, 6.45) is 0.0302. The minimum absolute atomic E-state index is 0.0315. The summed E-state index contributed by atoms with van der Waals surface area (Å²) in [6, 6.07) is 11.8. The molecule has 6 atom stereocenters. The van der Waals surface area contributed by atoms with Crippen LogP contribution in [-0.4, -0.2) is 50.5 Å². The Bertz CT molecular complexity index is 1540. The summed E-state index contributed by atoms with van der Waals surface area (Å²) < 4.78 is 0. The Morgan fingerprint density at radius 2 is 1.61 bits per heavy atom. The van der Waals surface area contributed by atoms with Gasteiger partial charge in [0.15, 0.2) is 34.5 Å². The van der Waals surface area contributed by atoms with Gasteiger partial charge >= 0.3 is 0 Å². The van der Waals surface area contributed by atoms with E-state index in [1.54, 1.807) is 20.8 Å². The van der Waals surface area contributed by atoms with Crippen LogP contribution >= 0.6 is 0 Å². The molecule has 41 heavy (non-hydrogen) atoms. The number of phenolic OH excluding ortho intramolecular Hbond substituents is 1. The summed E-state index contributed by atoms with van der Waals surface area (Å²) in [6.45, 7) is 7.77. The van der Waals surface area contributed by atoms with Gasteiger partial charge in [0.05, 0.1) is 11.5 Å². The molecule has 0 heterocycles. The second kappa shape index (κ2) is 9.38. The molecule has 0 radical (unpaired) electrons. The third-order valence-electron chi connectivity index (χ3n) is 9.77. The smallest absolute Gasteiger partial charge is 0.190 e. The van der Waals surface area contributed by atoms with E-state index in [9.17, 15) is 39.0 Å². The standard InChI is InChI=1S/C33H34O8/c1-16(2)25-27(37)23(17(3)34)29(39)33(41)30(40)26-28(38)24-20(14-31(26,4)15-32(25,33)5)19(11-12-21(24)35)22(36)13-18-9-7-6-8-10-18/h6-12,16,23,25-26,35,41H,13-15H2,1-5H3/t23?,25?,26?,31-,32-,33+/m1/s1. The minimum Gasteiger partial charge on any atom is -0.507 e. The number of fused-ring (bicyclic) bond motifs is 3. The van der Waals surface area contributed by atoms with E-state index >= 15 is 0 Å². The van der Waals surface area contributed by atoms with Crippen molar-refractivity contribution in [3.8, 4) is 5.75 Å². The van der Waals surface area contributed by atoms with E-state index in [0.717, 1.165) is 12.5 Å². The van der Waals surface area contributed by atoms with Crippen molar-refractivity contribution >= 4 is 34.7 Å². The fourth-order valence-electron chi connectivity index (χ4n) is 8.27. The van der Waals surface area contributed by atoms with Crippen LogP contribution in [0.1, 0.15) is 72.9 Å². The topological polar surface area (TPSA) is 143 Å². The van der Waals surface area contributed by atoms with Crippen LogP contribution < -0.4 is 0 Å². The molecule has 0 aliphatic heterocycles. The summed E-state index contributed by atoms with van der Waals surface area (Å²) in [5, 5.41) is 22.9. The zero-order chi connectivity index (χ0) is 30.2. The quantitative estimate of drug-likeness (QED) is 0.419. The van der Waals surface area contributed by atoms with Crippen LogP contribution in [0.15, 0.2) is 42.5 Å². The van der Waals surface area contributed by atoms with Gasteiger partial charge in [0.2, 0.25) is 0 Å². The van der Waals surface area contributed by atoms with Crippen molar-refractivity contribution in [3.63, 3.8) is 0 Å². The van der Waals surface area contributed by atoms with Crippen LogP contribution in [0.4, 0.5) is 0 Å². The van der Waals surface area contributed by atoms with Gasteiger partial charge in [-0.1, -0.05) is 58.0 Å². The zero-order valence-electron chi connectivity index (χ0n) is 23.8. The number of carbonyl (C=O) groups excluding carboxylic acids is 6. The van der Waals surface area contributed by atoms with E-state index in [1.807, 2.05) is 30.3 Å². The summed E-state index contributed by atoms with van der Waals surface area (Å²) in [7, 11) is 0. The van der Waals surface area contributed by atoms with Gasteiger partial charge < -0.3 is 10.2 Å². The number of hydrogen-bond acceptors (Lipinski definition) is 8. The lowest BCUT2D eigenvalue weighted by atomic mass is 9.40. The largest absolute Gasteiger partial charge is 0.507 e. The molecule has 214 valence electrons. The maximum absolute atomic E-state index is 14.3. The molecule has 3 unspecified atom stereocenters. The predicted molar refractivity (Wildman–Crippen MR) is 147 cm³/mol. The molecule has 8 nitrogen and oxygen atoms in total. The number of benzene rings is 2.